The molecule has 1 heterocycles. The molecule has 0 aliphatic rings. The van der Waals surface area contributed by atoms with Gasteiger partial charge in [-0.2, -0.15) is 5.26 Å². The van der Waals surface area contributed by atoms with Gasteiger partial charge < -0.3 is 4.74 Å². The molecule has 0 saturated carbocycles. The van der Waals surface area contributed by atoms with Crippen LogP contribution in [0.2, 0.25) is 0 Å². The van der Waals surface area contributed by atoms with Gasteiger partial charge in [-0.05, 0) is 6.42 Å². The van der Waals surface area contributed by atoms with Crippen molar-refractivity contribution in [1.29, 1.82) is 5.26 Å². The second kappa shape index (κ2) is 5.75. The number of carbonyl (C=O) groups is 1. The number of carbonyl (C=O) groups excluding carboxylic acids is 1. The predicted octanol–water partition coefficient (Wildman–Crippen LogP) is 0.493. The van der Waals surface area contributed by atoms with Crippen LogP contribution in [-0.4, -0.2) is 27.3 Å². The average molecular weight is 208 g/mol. The van der Waals surface area contributed by atoms with E-state index < -0.39 is 0 Å². The lowest BCUT2D eigenvalue weighted by atomic mass is 10.4. The molecule has 0 saturated heterocycles. The summed E-state index contributed by atoms with van der Waals surface area (Å²) in [6.07, 6.45) is 3.17. The lowest BCUT2D eigenvalue weighted by Crippen LogP contribution is -2.14. The Kier molecular flexibility index (Phi) is 4.29. The fraction of sp³-hybridized carbons (Fsp3) is 0.556. The molecule has 1 rings (SSSR count). The molecule has 80 valence electrons. The van der Waals surface area contributed by atoms with Gasteiger partial charge in [0.2, 0.25) is 0 Å². The second-order valence-electron chi connectivity index (χ2n) is 2.95. The Labute approximate surface area is 87.5 Å². The third-order valence-corrected chi connectivity index (χ3v) is 1.69. The minimum absolute atomic E-state index is 0.00159. The molecule has 0 spiro atoms. The summed E-state index contributed by atoms with van der Waals surface area (Å²) in [5.41, 5.74) is 0. The van der Waals surface area contributed by atoms with E-state index in [1.807, 2.05) is 6.92 Å². The lowest BCUT2D eigenvalue weighted by molar-refractivity contribution is -0.144. The molecule has 0 aliphatic carbocycles. The van der Waals surface area contributed by atoms with Crippen molar-refractivity contribution in [2.75, 3.05) is 6.61 Å². The molecule has 0 aromatic carbocycles. The second-order valence-corrected chi connectivity index (χ2v) is 2.95. The van der Waals surface area contributed by atoms with Crippen LogP contribution in [0.5, 0.6) is 0 Å². The van der Waals surface area contributed by atoms with E-state index in [4.69, 9.17) is 10.00 Å². The molecule has 0 N–H and O–H groups in total. The van der Waals surface area contributed by atoms with Crippen molar-refractivity contribution in [3.8, 4) is 6.07 Å². The summed E-state index contributed by atoms with van der Waals surface area (Å²) < 4.78 is 6.20. The van der Waals surface area contributed by atoms with Crippen LogP contribution in [0.4, 0.5) is 0 Å². The summed E-state index contributed by atoms with van der Waals surface area (Å²) in [5, 5.41) is 12.2. The Morgan fingerprint density at radius 3 is 3.13 bits per heavy atom. The van der Waals surface area contributed by atoms with Gasteiger partial charge in [0, 0.05) is 0 Å². The van der Waals surface area contributed by atoms with E-state index in [-0.39, 0.29) is 18.3 Å². The van der Waals surface area contributed by atoms with E-state index in [9.17, 15) is 4.79 Å². The van der Waals surface area contributed by atoms with E-state index in [2.05, 4.69) is 10.1 Å². The number of nitrogens with zero attached hydrogens (tertiary/aromatic N) is 4. The van der Waals surface area contributed by atoms with Gasteiger partial charge in [-0.3, -0.25) is 4.79 Å². The average Bonchev–Trinajstić information content (AvgIpc) is 2.66. The zero-order valence-electron chi connectivity index (χ0n) is 8.51. The molecule has 6 nitrogen and oxygen atoms in total. The third-order valence-electron chi connectivity index (χ3n) is 1.69. The predicted molar refractivity (Wildman–Crippen MR) is 50.6 cm³/mol. The molecule has 0 atom stereocenters. The summed E-state index contributed by atoms with van der Waals surface area (Å²) in [7, 11) is 0. The van der Waals surface area contributed by atoms with Crippen LogP contribution in [0.3, 0.4) is 0 Å². The number of hydrogen-bond acceptors (Lipinski definition) is 5. The van der Waals surface area contributed by atoms with Crippen molar-refractivity contribution in [1.82, 2.24) is 14.8 Å². The first kappa shape index (κ1) is 11.2. The maximum atomic E-state index is 11.2. The minimum Gasteiger partial charge on any atom is -0.464 e. The molecule has 1 aromatic heterocycles. The summed E-state index contributed by atoms with van der Waals surface area (Å²) in [6, 6.07) is 1.78. The maximum absolute atomic E-state index is 11.2. The molecular weight excluding hydrogens is 196 g/mol. The molecule has 15 heavy (non-hydrogen) atoms. The van der Waals surface area contributed by atoms with Gasteiger partial charge in [0.15, 0.2) is 0 Å². The topological polar surface area (TPSA) is 80.8 Å². The fourth-order valence-electron chi connectivity index (χ4n) is 0.930. The minimum atomic E-state index is -0.363. The van der Waals surface area contributed by atoms with Crippen LogP contribution in [0.15, 0.2) is 6.33 Å². The van der Waals surface area contributed by atoms with E-state index >= 15 is 0 Å². The number of ether oxygens (including phenoxy) is 1. The Hall–Kier alpha value is -1.90. The van der Waals surface area contributed by atoms with Crippen molar-refractivity contribution in [2.24, 2.45) is 0 Å². The number of nitriles is 1. The number of aromatic nitrogens is 3. The molecule has 0 radical (unpaired) electrons. The quantitative estimate of drug-likeness (QED) is 0.519. The largest absolute Gasteiger partial charge is 0.464 e. The van der Waals surface area contributed by atoms with Crippen molar-refractivity contribution in [3.05, 3.63) is 12.2 Å². The Bertz CT molecular complexity index is 366. The lowest BCUT2D eigenvalue weighted by Gasteiger charge is -2.02. The molecule has 0 bridgehead atoms. The van der Waals surface area contributed by atoms with Crippen LogP contribution in [0, 0.1) is 11.3 Å². The maximum Gasteiger partial charge on any atom is 0.327 e. The zero-order chi connectivity index (χ0) is 11.1. The van der Waals surface area contributed by atoms with Crippen LogP contribution < -0.4 is 0 Å². The van der Waals surface area contributed by atoms with Crippen LogP contribution >= 0.6 is 0 Å². The van der Waals surface area contributed by atoms with Crippen molar-refractivity contribution in [2.45, 2.75) is 26.3 Å². The fourth-order valence-corrected chi connectivity index (χ4v) is 0.930. The number of rotatable bonds is 5. The Balaban J connectivity index is 2.35. The number of hydrogen-bond donors (Lipinski definition) is 0. The smallest absolute Gasteiger partial charge is 0.327 e. The summed E-state index contributed by atoms with van der Waals surface area (Å²) >= 11 is 0. The SMILES string of the molecule is CCCCOC(=O)Cn1cnc(C#N)n1. The highest BCUT2D eigenvalue weighted by Gasteiger charge is 2.06. The van der Waals surface area contributed by atoms with Crippen molar-refractivity contribution in [3.63, 3.8) is 0 Å². The van der Waals surface area contributed by atoms with Crippen molar-refractivity contribution >= 4 is 5.97 Å². The molecular formula is C9H12N4O2. The molecule has 0 aliphatic heterocycles. The normalized spacial score (nSPS) is 9.60. The highest BCUT2D eigenvalue weighted by atomic mass is 16.5. The van der Waals surface area contributed by atoms with Gasteiger partial charge in [-0.15, -0.1) is 5.10 Å². The van der Waals surface area contributed by atoms with Gasteiger partial charge in [0.1, 0.15) is 18.9 Å². The first-order valence-electron chi connectivity index (χ1n) is 4.71. The van der Waals surface area contributed by atoms with Crippen LogP contribution in [-0.2, 0) is 16.1 Å². The third kappa shape index (κ3) is 3.77. The highest BCUT2D eigenvalue weighted by Crippen LogP contribution is 1.92. The Morgan fingerprint density at radius 1 is 1.73 bits per heavy atom. The van der Waals surface area contributed by atoms with E-state index in [1.54, 1.807) is 6.07 Å². The zero-order valence-corrected chi connectivity index (χ0v) is 8.51. The van der Waals surface area contributed by atoms with E-state index in [0.717, 1.165) is 12.8 Å². The van der Waals surface area contributed by atoms with Gasteiger partial charge in [0.05, 0.1) is 6.61 Å². The monoisotopic (exact) mass is 208 g/mol. The van der Waals surface area contributed by atoms with Crippen molar-refractivity contribution < 1.29 is 9.53 Å². The van der Waals surface area contributed by atoms with Gasteiger partial charge in [-0.25, -0.2) is 9.67 Å². The standard InChI is InChI=1S/C9H12N4O2/c1-2-3-4-15-9(14)6-13-7-11-8(5-10)12-13/h7H,2-4,6H2,1H3. The molecule has 6 heteroatoms. The number of esters is 1. The first-order valence-corrected chi connectivity index (χ1v) is 4.71. The highest BCUT2D eigenvalue weighted by molar-refractivity contribution is 5.68. The van der Waals surface area contributed by atoms with Gasteiger partial charge in [-0.1, -0.05) is 13.3 Å². The Morgan fingerprint density at radius 2 is 2.53 bits per heavy atom. The van der Waals surface area contributed by atoms with Gasteiger partial charge >= 0.3 is 5.97 Å². The van der Waals surface area contributed by atoms with Crippen LogP contribution in [0.25, 0.3) is 0 Å². The van der Waals surface area contributed by atoms with Crippen LogP contribution in [0.1, 0.15) is 25.6 Å². The molecule has 0 unspecified atom stereocenters. The molecule has 0 amide bonds. The number of unbranched alkanes of at least 4 members (excludes halogenated alkanes) is 1. The van der Waals surface area contributed by atoms with Gasteiger partial charge in [0.25, 0.3) is 5.82 Å². The summed E-state index contributed by atoms with van der Waals surface area (Å²) in [4.78, 5) is 14.9. The van der Waals surface area contributed by atoms with E-state index in [1.165, 1.54) is 11.0 Å². The molecule has 1 aromatic rings. The first-order chi connectivity index (χ1) is 7.26. The molecule has 0 fully saturated rings. The summed E-state index contributed by atoms with van der Waals surface area (Å²) in [6.45, 7) is 2.44. The van der Waals surface area contributed by atoms with E-state index in [0.29, 0.717) is 6.61 Å². The summed E-state index contributed by atoms with van der Waals surface area (Å²) in [5.74, 6) is -0.311.